The van der Waals surface area contributed by atoms with Crippen molar-refractivity contribution in [2.24, 2.45) is 46.3 Å². The molecule has 0 aromatic heterocycles. The zero-order chi connectivity index (χ0) is 17.0. The van der Waals surface area contributed by atoms with Gasteiger partial charge in [-0.05, 0) is 79.4 Å². The molecule has 3 rings (SSSR count). The molecule has 3 aliphatic rings. The van der Waals surface area contributed by atoms with Crippen LogP contribution in [0.1, 0.15) is 73.1 Å². The lowest BCUT2D eigenvalue weighted by molar-refractivity contribution is -0.0919. The van der Waals surface area contributed by atoms with Gasteiger partial charge in [0.15, 0.2) is 0 Å². The van der Waals surface area contributed by atoms with Gasteiger partial charge >= 0.3 is 0 Å². The average Bonchev–Trinajstić information content (AvgIpc) is 2.45. The van der Waals surface area contributed by atoms with Crippen molar-refractivity contribution < 1.29 is 0 Å². The Morgan fingerprint density at radius 1 is 1.26 bits per heavy atom. The standard InChI is InChI=1S/C22H35N/c1-14-9-10-22(13-23)16(3)7-8-18-15(2)11-17(12-21(4,5)6)19(14)20(18)22/h15-20H,1,7-12H2,2-6H3/t15-,16-,17-,18+,19-,20-,22-/m0/s1. The first-order valence-corrected chi connectivity index (χ1v) is 9.78. The summed E-state index contributed by atoms with van der Waals surface area (Å²) in [6.07, 6.45) is 7.36. The van der Waals surface area contributed by atoms with E-state index in [1.165, 1.54) is 31.3 Å². The quantitative estimate of drug-likeness (QED) is 0.527. The maximum absolute atomic E-state index is 10.2. The third kappa shape index (κ3) is 2.67. The molecule has 0 aromatic carbocycles. The lowest BCUT2D eigenvalue weighted by atomic mass is 9.42. The minimum atomic E-state index is -0.0699. The number of allylic oxidation sites excluding steroid dienone is 1. The molecule has 7 atom stereocenters. The van der Waals surface area contributed by atoms with E-state index in [0.29, 0.717) is 23.2 Å². The van der Waals surface area contributed by atoms with Crippen molar-refractivity contribution in [1.82, 2.24) is 0 Å². The van der Waals surface area contributed by atoms with E-state index in [1.54, 1.807) is 0 Å². The summed E-state index contributed by atoms with van der Waals surface area (Å²) in [5, 5.41) is 10.2. The Morgan fingerprint density at radius 2 is 1.96 bits per heavy atom. The van der Waals surface area contributed by atoms with Crippen LogP contribution in [0.15, 0.2) is 12.2 Å². The molecule has 1 heteroatoms. The molecule has 0 unspecified atom stereocenters. The first-order valence-electron chi connectivity index (χ1n) is 9.78. The molecule has 0 radical (unpaired) electrons. The molecule has 0 spiro atoms. The van der Waals surface area contributed by atoms with Crippen LogP contribution in [0.3, 0.4) is 0 Å². The van der Waals surface area contributed by atoms with E-state index in [-0.39, 0.29) is 5.41 Å². The lowest BCUT2D eigenvalue weighted by Gasteiger charge is -2.61. The highest BCUT2D eigenvalue weighted by Gasteiger charge is 2.60. The van der Waals surface area contributed by atoms with E-state index in [1.807, 2.05) is 0 Å². The fourth-order valence-corrected chi connectivity index (χ4v) is 6.68. The van der Waals surface area contributed by atoms with Gasteiger partial charge in [0, 0.05) is 0 Å². The van der Waals surface area contributed by atoms with Crippen LogP contribution in [0.5, 0.6) is 0 Å². The van der Waals surface area contributed by atoms with Gasteiger partial charge in [0.05, 0.1) is 11.5 Å². The monoisotopic (exact) mass is 313 g/mol. The average molecular weight is 314 g/mol. The summed E-state index contributed by atoms with van der Waals surface area (Å²) in [5.74, 6) is 4.00. The van der Waals surface area contributed by atoms with E-state index in [2.05, 4.69) is 47.3 Å². The molecule has 3 fully saturated rings. The number of hydrogen-bond donors (Lipinski definition) is 0. The third-order valence-electron chi connectivity index (χ3n) is 7.58. The SMILES string of the molecule is C=C1CC[C@@]2(C#N)[C@H]3[C@H](CC[C@@H]2C)[C@@H](C)C[C@@H](CC(C)(C)C)[C@H]13. The summed E-state index contributed by atoms with van der Waals surface area (Å²) in [6.45, 7) is 16.4. The summed E-state index contributed by atoms with van der Waals surface area (Å²) >= 11 is 0. The normalized spacial score (nSPS) is 46.9. The van der Waals surface area contributed by atoms with Gasteiger partial charge in [-0.25, -0.2) is 0 Å². The lowest BCUT2D eigenvalue weighted by Crippen LogP contribution is -2.56. The van der Waals surface area contributed by atoms with Crippen LogP contribution >= 0.6 is 0 Å². The molecule has 0 aliphatic heterocycles. The van der Waals surface area contributed by atoms with E-state index in [0.717, 1.165) is 30.6 Å². The van der Waals surface area contributed by atoms with Gasteiger partial charge in [-0.1, -0.05) is 46.8 Å². The van der Waals surface area contributed by atoms with Gasteiger partial charge in [0.1, 0.15) is 0 Å². The third-order valence-corrected chi connectivity index (χ3v) is 7.58. The number of nitrogens with zero attached hydrogens (tertiary/aromatic N) is 1. The number of rotatable bonds is 1. The molecule has 0 saturated heterocycles. The highest BCUT2D eigenvalue weighted by atomic mass is 14.6. The zero-order valence-corrected chi connectivity index (χ0v) is 15.9. The van der Waals surface area contributed by atoms with Crippen molar-refractivity contribution in [2.45, 2.75) is 73.1 Å². The second-order valence-electron chi connectivity index (χ2n) is 10.2. The molecular formula is C22H35N. The van der Waals surface area contributed by atoms with Crippen LogP contribution in [0.4, 0.5) is 0 Å². The van der Waals surface area contributed by atoms with Crippen LogP contribution in [0, 0.1) is 57.7 Å². The number of hydrogen-bond acceptors (Lipinski definition) is 1. The smallest absolute Gasteiger partial charge is 0.0695 e. The van der Waals surface area contributed by atoms with Crippen LogP contribution in [-0.2, 0) is 0 Å². The molecule has 1 nitrogen and oxygen atoms in total. The van der Waals surface area contributed by atoms with Crippen LogP contribution in [-0.4, -0.2) is 0 Å². The fraction of sp³-hybridized carbons (Fsp3) is 0.864. The summed E-state index contributed by atoms with van der Waals surface area (Å²) in [7, 11) is 0. The molecule has 23 heavy (non-hydrogen) atoms. The van der Waals surface area contributed by atoms with Crippen molar-refractivity contribution in [2.75, 3.05) is 0 Å². The predicted molar refractivity (Wildman–Crippen MR) is 96.6 cm³/mol. The molecule has 0 bridgehead atoms. The largest absolute Gasteiger partial charge is 0.198 e. The molecular weight excluding hydrogens is 278 g/mol. The summed E-state index contributed by atoms with van der Waals surface area (Å²) in [6, 6.07) is 2.88. The Hall–Kier alpha value is -0.770. The summed E-state index contributed by atoms with van der Waals surface area (Å²) in [5.41, 5.74) is 1.77. The molecule has 3 saturated carbocycles. The summed E-state index contributed by atoms with van der Waals surface area (Å²) in [4.78, 5) is 0. The van der Waals surface area contributed by atoms with Crippen molar-refractivity contribution in [1.29, 1.82) is 5.26 Å². The van der Waals surface area contributed by atoms with E-state index in [9.17, 15) is 5.26 Å². The van der Waals surface area contributed by atoms with Crippen molar-refractivity contribution >= 4 is 0 Å². The van der Waals surface area contributed by atoms with Gasteiger partial charge in [-0.2, -0.15) is 5.26 Å². The Bertz CT molecular complexity index is 519. The predicted octanol–water partition coefficient (Wildman–Crippen LogP) is 6.22. The fourth-order valence-electron chi connectivity index (χ4n) is 6.68. The minimum Gasteiger partial charge on any atom is -0.198 e. The second kappa shape index (κ2) is 5.65. The van der Waals surface area contributed by atoms with Crippen molar-refractivity contribution in [3.05, 3.63) is 12.2 Å². The van der Waals surface area contributed by atoms with Gasteiger partial charge < -0.3 is 0 Å². The van der Waals surface area contributed by atoms with E-state index in [4.69, 9.17) is 0 Å². The maximum Gasteiger partial charge on any atom is 0.0695 e. The minimum absolute atomic E-state index is 0.0699. The Morgan fingerprint density at radius 3 is 2.57 bits per heavy atom. The van der Waals surface area contributed by atoms with Gasteiger partial charge in [-0.3, -0.25) is 0 Å². The van der Waals surface area contributed by atoms with Gasteiger partial charge in [0.2, 0.25) is 0 Å². The van der Waals surface area contributed by atoms with Crippen LogP contribution in [0.25, 0.3) is 0 Å². The molecule has 0 aromatic rings. The molecule has 0 heterocycles. The van der Waals surface area contributed by atoms with Gasteiger partial charge in [0.25, 0.3) is 0 Å². The maximum atomic E-state index is 10.2. The first kappa shape index (κ1) is 17.1. The molecule has 0 amide bonds. The van der Waals surface area contributed by atoms with Crippen molar-refractivity contribution in [3.8, 4) is 6.07 Å². The zero-order valence-electron chi connectivity index (χ0n) is 15.9. The molecule has 0 N–H and O–H groups in total. The second-order valence-corrected chi connectivity index (χ2v) is 10.2. The summed E-state index contributed by atoms with van der Waals surface area (Å²) < 4.78 is 0. The van der Waals surface area contributed by atoms with Crippen LogP contribution < -0.4 is 0 Å². The molecule has 3 aliphatic carbocycles. The Labute approximate surface area is 143 Å². The highest BCUT2D eigenvalue weighted by Crippen LogP contribution is 2.65. The first-order chi connectivity index (χ1) is 10.7. The Balaban J connectivity index is 2.03. The topological polar surface area (TPSA) is 23.8 Å². The Kier molecular flexibility index (Phi) is 4.19. The highest BCUT2D eigenvalue weighted by molar-refractivity contribution is 5.24. The van der Waals surface area contributed by atoms with Gasteiger partial charge in [-0.15, -0.1) is 0 Å². The number of nitriles is 1. The molecule has 128 valence electrons. The van der Waals surface area contributed by atoms with E-state index >= 15 is 0 Å². The van der Waals surface area contributed by atoms with E-state index < -0.39 is 0 Å². The van der Waals surface area contributed by atoms with Crippen molar-refractivity contribution in [3.63, 3.8) is 0 Å². The van der Waals surface area contributed by atoms with Crippen LogP contribution in [0.2, 0.25) is 0 Å².